The summed E-state index contributed by atoms with van der Waals surface area (Å²) < 4.78 is 7.56. The van der Waals surface area contributed by atoms with Gasteiger partial charge in [-0.05, 0) is 32.3 Å². The van der Waals surface area contributed by atoms with Gasteiger partial charge in [-0.2, -0.15) is 0 Å². The predicted octanol–water partition coefficient (Wildman–Crippen LogP) is 2.87. The third-order valence-corrected chi connectivity index (χ3v) is 2.93. The summed E-state index contributed by atoms with van der Waals surface area (Å²) in [6.45, 7) is 10.4. The van der Waals surface area contributed by atoms with Crippen molar-refractivity contribution < 1.29 is 14.6 Å². The molecule has 4 heteroatoms. The molecule has 0 fully saturated rings. The zero-order chi connectivity index (χ0) is 13.7. The lowest BCUT2D eigenvalue weighted by molar-refractivity contribution is 0.0696. The van der Waals surface area contributed by atoms with Crippen molar-refractivity contribution >= 4 is 5.97 Å². The summed E-state index contributed by atoms with van der Waals surface area (Å²) in [6, 6.07) is 1.73. The van der Waals surface area contributed by atoms with E-state index in [1.54, 1.807) is 6.07 Å². The van der Waals surface area contributed by atoms with Crippen LogP contribution in [0.15, 0.2) is 6.07 Å². The van der Waals surface area contributed by atoms with Crippen LogP contribution in [0.4, 0.5) is 0 Å². The Bertz CT molecular complexity index is 407. The van der Waals surface area contributed by atoms with Gasteiger partial charge in [0.05, 0.1) is 5.56 Å². The van der Waals surface area contributed by atoms with Crippen molar-refractivity contribution in [3.63, 3.8) is 0 Å². The Balaban J connectivity index is 2.50. The first-order valence-electron chi connectivity index (χ1n) is 6.41. The van der Waals surface area contributed by atoms with Crippen molar-refractivity contribution in [3.05, 3.63) is 23.0 Å². The Kier molecular flexibility index (Phi) is 5.41. The van der Waals surface area contributed by atoms with Gasteiger partial charge in [0.15, 0.2) is 0 Å². The molecule has 0 aliphatic rings. The largest absolute Gasteiger partial charge is 0.478 e. The van der Waals surface area contributed by atoms with Crippen molar-refractivity contribution in [1.29, 1.82) is 0 Å². The number of carboxylic acids is 1. The van der Waals surface area contributed by atoms with Gasteiger partial charge in [0, 0.05) is 31.1 Å². The van der Waals surface area contributed by atoms with E-state index < -0.39 is 5.97 Å². The molecule has 0 radical (unpaired) electrons. The first-order valence-corrected chi connectivity index (χ1v) is 6.41. The molecule has 1 N–H and O–H groups in total. The summed E-state index contributed by atoms with van der Waals surface area (Å²) in [5.74, 6) is -0.302. The number of nitrogens with zero attached hydrogens (tertiary/aromatic N) is 1. The molecule has 102 valence electrons. The van der Waals surface area contributed by atoms with E-state index in [2.05, 4.69) is 13.8 Å². The molecule has 0 unspecified atom stereocenters. The average Bonchev–Trinajstić information content (AvgIpc) is 2.55. The highest BCUT2D eigenvalue weighted by Gasteiger charge is 2.13. The molecule has 1 heterocycles. The number of ether oxygens (including phenoxy) is 1. The van der Waals surface area contributed by atoms with Gasteiger partial charge in [0.1, 0.15) is 0 Å². The van der Waals surface area contributed by atoms with Gasteiger partial charge < -0.3 is 14.4 Å². The summed E-state index contributed by atoms with van der Waals surface area (Å²) >= 11 is 0. The molecule has 1 aromatic heterocycles. The number of carboxylic acid groups (broad SMARTS) is 1. The fraction of sp³-hybridized carbons (Fsp3) is 0.643. The lowest BCUT2D eigenvalue weighted by Gasteiger charge is -2.10. The van der Waals surface area contributed by atoms with Gasteiger partial charge in [0.25, 0.3) is 0 Å². The molecule has 0 saturated heterocycles. The molecule has 0 atom stereocenters. The van der Waals surface area contributed by atoms with Crippen LogP contribution in [0.5, 0.6) is 0 Å². The lowest BCUT2D eigenvalue weighted by Crippen LogP contribution is -2.09. The number of aryl methyl sites for hydroxylation is 1. The van der Waals surface area contributed by atoms with E-state index in [1.165, 1.54) is 0 Å². The maximum Gasteiger partial charge on any atom is 0.337 e. The van der Waals surface area contributed by atoms with Gasteiger partial charge in [-0.3, -0.25) is 0 Å². The summed E-state index contributed by atoms with van der Waals surface area (Å²) in [5, 5.41) is 9.04. The normalized spacial score (nSPS) is 11.2. The quantitative estimate of drug-likeness (QED) is 0.760. The van der Waals surface area contributed by atoms with Gasteiger partial charge >= 0.3 is 5.97 Å². The third-order valence-electron chi connectivity index (χ3n) is 2.93. The van der Waals surface area contributed by atoms with Crippen LogP contribution >= 0.6 is 0 Å². The van der Waals surface area contributed by atoms with Crippen molar-refractivity contribution in [2.45, 2.75) is 40.7 Å². The second kappa shape index (κ2) is 6.59. The zero-order valence-corrected chi connectivity index (χ0v) is 11.7. The minimum absolute atomic E-state index is 0.399. The van der Waals surface area contributed by atoms with Crippen molar-refractivity contribution in [1.82, 2.24) is 4.57 Å². The Labute approximate surface area is 109 Å². The van der Waals surface area contributed by atoms with Crippen LogP contribution in [-0.2, 0) is 11.3 Å². The monoisotopic (exact) mass is 253 g/mol. The minimum Gasteiger partial charge on any atom is -0.478 e. The first-order chi connectivity index (χ1) is 8.43. The average molecular weight is 253 g/mol. The van der Waals surface area contributed by atoms with Gasteiger partial charge in [-0.1, -0.05) is 13.8 Å². The van der Waals surface area contributed by atoms with E-state index in [9.17, 15) is 4.79 Å². The van der Waals surface area contributed by atoms with E-state index in [0.29, 0.717) is 11.5 Å². The van der Waals surface area contributed by atoms with E-state index in [0.717, 1.165) is 37.6 Å². The molecule has 0 aliphatic carbocycles. The summed E-state index contributed by atoms with van der Waals surface area (Å²) in [4.78, 5) is 11.0. The van der Waals surface area contributed by atoms with Crippen molar-refractivity contribution in [2.24, 2.45) is 5.92 Å². The van der Waals surface area contributed by atoms with Crippen LogP contribution in [0, 0.1) is 19.8 Å². The van der Waals surface area contributed by atoms with Crippen LogP contribution < -0.4 is 0 Å². The highest BCUT2D eigenvalue weighted by Crippen LogP contribution is 2.15. The van der Waals surface area contributed by atoms with Gasteiger partial charge in [-0.25, -0.2) is 4.79 Å². The highest BCUT2D eigenvalue weighted by molar-refractivity contribution is 5.89. The highest BCUT2D eigenvalue weighted by atomic mass is 16.5. The Morgan fingerprint density at radius 1 is 1.44 bits per heavy atom. The topological polar surface area (TPSA) is 51.5 Å². The molecular weight excluding hydrogens is 230 g/mol. The molecular formula is C14H23NO3. The number of hydrogen-bond donors (Lipinski definition) is 1. The van der Waals surface area contributed by atoms with Crippen LogP contribution in [0.1, 0.15) is 42.0 Å². The molecule has 18 heavy (non-hydrogen) atoms. The molecule has 0 spiro atoms. The summed E-state index contributed by atoms with van der Waals surface area (Å²) in [6.07, 6.45) is 0.905. The van der Waals surface area contributed by atoms with E-state index >= 15 is 0 Å². The molecule has 4 nitrogen and oxygen atoms in total. The second-order valence-corrected chi connectivity index (χ2v) is 5.06. The lowest BCUT2D eigenvalue weighted by atomic mass is 10.2. The number of hydrogen-bond acceptors (Lipinski definition) is 2. The Hall–Kier alpha value is -1.29. The molecule has 0 saturated carbocycles. The van der Waals surface area contributed by atoms with E-state index in [1.807, 2.05) is 18.4 Å². The zero-order valence-electron chi connectivity index (χ0n) is 11.7. The first kappa shape index (κ1) is 14.8. The van der Waals surface area contributed by atoms with Crippen LogP contribution in [0.25, 0.3) is 0 Å². The number of rotatable bonds is 7. The van der Waals surface area contributed by atoms with Crippen LogP contribution in [-0.4, -0.2) is 28.9 Å². The standard InChI is InChI=1S/C14H23NO3/c1-10(2)9-18-7-5-6-15-11(3)8-13(12(15)4)14(16)17/h8,10H,5-7,9H2,1-4H3,(H,16,17). The van der Waals surface area contributed by atoms with Crippen molar-refractivity contribution in [2.75, 3.05) is 13.2 Å². The molecule has 0 bridgehead atoms. The second-order valence-electron chi connectivity index (χ2n) is 5.06. The minimum atomic E-state index is -0.856. The maximum absolute atomic E-state index is 11.0. The maximum atomic E-state index is 11.0. The molecule has 0 aliphatic heterocycles. The Morgan fingerprint density at radius 3 is 2.61 bits per heavy atom. The molecule has 1 aromatic rings. The fourth-order valence-electron chi connectivity index (χ4n) is 2.01. The SMILES string of the molecule is Cc1cc(C(=O)O)c(C)n1CCCOCC(C)C. The van der Waals surface area contributed by atoms with Gasteiger partial charge in [-0.15, -0.1) is 0 Å². The summed E-state index contributed by atoms with van der Waals surface area (Å²) in [7, 11) is 0. The predicted molar refractivity (Wildman–Crippen MR) is 71.1 cm³/mol. The molecule has 0 amide bonds. The molecule has 0 aromatic carbocycles. The number of aromatic carboxylic acids is 1. The Morgan fingerprint density at radius 2 is 2.11 bits per heavy atom. The number of carbonyl (C=O) groups is 1. The smallest absolute Gasteiger partial charge is 0.337 e. The molecule has 1 rings (SSSR count). The van der Waals surface area contributed by atoms with Crippen LogP contribution in [0.3, 0.4) is 0 Å². The van der Waals surface area contributed by atoms with Crippen LogP contribution in [0.2, 0.25) is 0 Å². The van der Waals surface area contributed by atoms with E-state index in [4.69, 9.17) is 9.84 Å². The fourth-order valence-corrected chi connectivity index (χ4v) is 2.01. The van der Waals surface area contributed by atoms with E-state index in [-0.39, 0.29) is 0 Å². The van der Waals surface area contributed by atoms with Crippen molar-refractivity contribution in [3.8, 4) is 0 Å². The number of aromatic nitrogens is 1. The van der Waals surface area contributed by atoms with Gasteiger partial charge in [0.2, 0.25) is 0 Å². The third kappa shape index (κ3) is 3.88. The summed E-state index contributed by atoms with van der Waals surface area (Å²) in [5.41, 5.74) is 2.22.